The van der Waals surface area contributed by atoms with Gasteiger partial charge in [0.1, 0.15) is 11.5 Å². The molecule has 1 amide bonds. The van der Waals surface area contributed by atoms with Crippen LogP contribution in [0.25, 0.3) is 0 Å². The lowest BCUT2D eigenvalue weighted by Crippen LogP contribution is -2.38. The van der Waals surface area contributed by atoms with Crippen LogP contribution in [0.3, 0.4) is 0 Å². The van der Waals surface area contributed by atoms with Crippen molar-refractivity contribution in [3.63, 3.8) is 0 Å². The van der Waals surface area contributed by atoms with Crippen LogP contribution in [0.2, 0.25) is 0 Å². The normalized spacial score (nSPS) is 12.3. The van der Waals surface area contributed by atoms with Gasteiger partial charge in [-0.2, -0.15) is 0 Å². The first-order chi connectivity index (χ1) is 21.9. The summed E-state index contributed by atoms with van der Waals surface area (Å²) in [5, 5.41) is 5.19. The fraction of sp³-hybridized carbons (Fsp3) is 0.219. The highest BCUT2D eigenvalue weighted by Crippen LogP contribution is 2.41. The number of hydrogen-bond donors (Lipinski definition) is 2. The minimum Gasteiger partial charge on any atom is -0.406 e. The van der Waals surface area contributed by atoms with E-state index in [0.29, 0.717) is 5.56 Å². The summed E-state index contributed by atoms with van der Waals surface area (Å²) in [7, 11) is 0. The topological polar surface area (TPSA) is 68.8 Å². The lowest BCUT2D eigenvalue weighted by Gasteiger charge is -2.37. The number of benzene rings is 4. The molecular formula is C32H25F9N2O4. The highest BCUT2D eigenvalue weighted by Gasteiger charge is 2.38. The Morgan fingerprint density at radius 3 is 1.66 bits per heavy atom. The van der Waals surface area contributed by atoms with E-state index in [1.165, 1.54) is 30.3 Å². The molecule has 15 heteroatoms. The highest BCUT2D eigenvalue weighted by molar-refractivity contribution is 5.90. The lowest BCUT2D eigenvalue weighted by atomic mass is 9.70. The SMILES string of the molecule is CC(=O)Nc1ccc(NCC(Cc2ccccc2)(c2cccc(OC(F)(F)F)c2)c2cccc(OC(F)(F)F)c2)cc1OC(F)(F)F. The van der Waals surface area contributed by atoms with Gasteiger partial charge in [0, 0.05) is 30.6 Å². The van der Waals surface area contributed by atoms with Gasteiger partial charge in [-0.25, -0.2) is 0 Å². The zero-order valence-electron chi connectivity index (χ0n) is 24.2. The molecule has 250 valence electrons. The molecule has 0 spiro atoms. The zero-order chi connectivity index (χ0) is 34.5. The standard InChI is InChI=1S/C32H25F9N2O4/c1-20(44)43-27-14-13-24(17-28(27)47-32(39,40)41)42-19-29(18-21-7-3-2-4-8-21,22-9-5-11-25(15-22)45-30(33,34)35)23-10-6-12-26(16-23)46-31(36,37)38/h2-17,42H,18-19H2,1H3,(H,43,44). The number of hydrogen-bond acceptors (Lipinski definition) is 5. The van der Waals surface area contributed by atoms with Gasteiger partial charge in [0.15, 0.2) is 5.75 Å². The van der Waals surface area contributed by atoms with Crippen LogP contribution in [0.1, 0.15) is 23.6 Å². The summed E-state index contributed by atoms with van der Waals surface area (Å²) >= 11 is 0. The lowest BCUT2D eigenvalue weighted by molar-refractivity contribution is -0.275. The molecule has 4 aromatic carbocycles. The first kappa shape index (κ1) is 34.8. The molecule has 0 fully saturated rings. The van der Waals surface area contributed by atoms with Crippen LogP contribution in [-0.2, 0) is 16.6 Å². The van der Waals surface area contributed by atoms with E-state index in [9.17, 15) is 44.3 Å². The van der Waals surface area contributed by atoms with Gasteiger partial charge in [0.25, 0.3) is 0 Å². The second kappa shape index (κ2) is 13.7. The van der Waals surface area contributed by atoms with E-state index in [2.05, 4.69) is 24.8 Å². The molecule has 0 aliphatic heterocycles. The van der Waals surface area contributed by atoms with Crippen LogP contribution in [0.5, 0.6) is 17.2 Å². The molecular weight excluding hydrogens is 647 g/mol. The monoisotopic (exact) mass is 672 g/mol. The summed E-state index contributed by atoms with van der Waals surface area (Å²) in [6.07, 6.45) is -15.3. The number of ether oxygens (including phenoxy) is 3. The van der Waals surface area contributed by atoms with Gasteiger partial charge in [0.2, 0.25) is 5.91 Å². The molecule has 0 aromatic heterocycles. The summed E-state index contributed by atoms with van der Waals surface area (Å²) in [4.78, 5) is 11.6. The molecule has 0 bridgehead atoms. The van der Waals surface area contributed by atoms with Crippen molar-refractivity contribution in [2.24, 2.45) is 0 Å². The van der Waals surface area contributed by atoms with Gasteiger partial charge in [-0.3, -0.25) is 4.79 Å². The van der Waals surface area contributed by atoms with Crippen LogP contribution in [0, 0.1) is 0 Å². The quantitative estimate of drug-likeness (QED) is 0.156. The zero-order valence-corrected chi connectivity index (χ0v) is 24.2. The van der Waals surface area contributed by atoms with E-state index in [1.54, 1.807) is 30.3 Å². The summed E-state index contributed by atoms with van der Waals surface area (Å²) < 4.78 is 131. The first-order valence-corrected chi connectivity index (χ1v) is 13.6. The van der Waals surface area contributed by atoms with Gasteiger partial charge < -0.3 is 24.8 Å². The van der Waals surface area contributed by atoms with Crippen LogP contribution in [-0.4, -0.2) is 31.5 Å². The van der Waals surface area contributed by atoms with E-state index in [4.69, 9.17) is 0 Å². The van der Waals surface area contributed by atoms with Crippen molar-refractivity contribution in [1.29, 1.82) is 0 Å². The summed E-state index contributed by atoms with van der Waals surface area (Å²) in [5.74, 6) is -2.68. The van der Waals surface area contributed by atoms with Crippen molar-refractivity contribution in [3.05, 3.63) is 114 Å². The van der Waals surface area contributed by atoms with Gasteiger partial charge in [-0.15, -0.1) is 39.5 Å². The fourth-order valence-corrected chi connectivity index (χ4v) is 4.95. The number of rotatable bonds is 11. The van der Waals surface area contributed by atoms with E-state index < -0.39 is 47.7 Å². The third-order valence-corrected chi connectivity index (χ3v) is 6.70. The molecule has 47 heavy (non-hydrogen) atoms. The smallest absolute Gasteiger partial charge is 0.406 e. The number of carbonyl (C=O) groups is 1. The van der Waals surface area contributed by atoms with Crippen molar-refractivity contribution in [3.8, 4) is 17.2 Å². The van der Waals surface area contributed by atoms with Gasteiger partial charge in [0.05, 0.1) is 5.69 Å². The predicted molar refractivity (Wildman–Crippen MR) is 153 cm³/mol. The van der Waals surface area contributed by atoms with Crippen LogP contribution >= 0.6 is 0 Å². The maximum atomic E-state index is 13.2. The summed E-state index contributed by atoms with van der Waals surface area (Å²) in [5.41, 5.74) is -0.867. The Morgan fingerprint density at radius 1 is 0.638 bits per heavy atom. The second-order valence-electron chi connectivity index (χ2n) is 10.2. The molecule has 0 saturated carbocycles. The van der Waals surface area contributed by atoms with Gasteiger partial charge >= 0.3 is 19.1 Å². The second-order valence-corrected chi connectivity index (χ2v) is 10.2. The molecule has 0 atom stereocenters. The number of nitrogens with one attached hydrogen (secondary N) is 2. The molecule has 4 aromatic rings. The molecule has 0 unspecified atom stereocenters. The van der Waals surface area contributed by atoms with Crippen LogP contribution in [0.15, 0.2) is 97.1 Å². The fourth-order valence-electron chi connectivity index (χ4n) is 4.95. The molecule has 4 rings (SSSR count). The van der Waals surface area contributed by atoms with Gasteiger partial charge in [-0.1, -0.05) is 54.6 Å². The highest BCUT2D eigenvalue weighted by atomic mass is 19.4. The molecule has 0 heterocycles. The largest absolute Gasteiger partial charge is 0.573 e. The Bertz CT molecular complexity index is 1610. The number of anilines is 2. The Morgan fingerprint density at radius 2 is 1.17 bits per heavy atom. The van der Waals surface area contributed by atoms with E-state index in [-0.39, 0.29) is 35.5 Å². The Kier molecular flexibility index (Phi) is 10.2. The predicted octanol–water partition coefficient (Wildman–Crippen LogP) is 8.98. The average Bonchev–Trinajstić information content (AvgIpc) is 2.94. The van der Waals surface area contributed by atoms with E-state index in [0.717, 1.165) is 43.3 Å². The Balaban J connectivity index is 1.89. The summed E-state index contributed by atoms with van der Waals surface area (Å²) in [6.45, 7) is 0.784. The molecule has 0 radical (unpaired) electrons. The van der Waals surface area contributed by atoms with Crippen molar-refractivity contribution in [1.82, 2.24) is 0 Å². The molecule has 6 nitrogen and oxygen atoms in total. The van der Waals surface area contributed by atoms with Crippen LogP contribution < -0.4 is 24.8 Å². The third-order valence-electron chi connectivity index (χ3n) is 6.70. The minimum atomic E-state index is -5.14. The number of carbonyl (C=O) groups excluding carboxylic acids is 1. The maximum absolute atomic E-state index is 13.2. The first-order valence-electron chi connectivity index (χ1n) is 13.6. The van der Waals surface area contributed by atoms with Crippen molar-refractivity contribution in [2.45, 2.75) is 37.8 Å². The molecule has 0 saturated heterocycles. The Labute approximate surface area is 262 Å². The van der Waals surface area contributed by atoms with Crippen molar-refractivity contribution < 1.29 is 58.5 Å². The molecule has 0 aliphatic rings. The van der Waals surface area contributed by atoms with Crippen molar-refractivity contribution in [2.75, 3.05) is 17.2 Å². The van der Waals surface area contributed by atoms with E-state index >= 15 is 0 Å². The van der Waals surface area contributed by atoms with E-state index in [1.807, 2.05) is 0 Å². The third kappa shape index (κ3) is 10.2. The van der Waals surface area contributed by atoms with Crippen LogP contribution in [0.4, 0.5) is 50.9 Å². The number of halogens is 9. The van der Waals surface area contributed by atoms with Crippen molar-refractivity contribution >= 4 is 17.3 Å². The maximum Gasteiger partial charge on any atom is 0.573 e. The number of amides is 1. The number of alkyl halides is 9. The molecule has 2 N–H and O–H groups in total. The Hall–Kier alpha value is -5.08. The van der Waals surface area contributed by atoms with Gasteiger partial charge in [-0.05, 0) is 59.5 Å². The molecule has 0 aliphatic carbocycles. The average molecular weight is 673 g/mol. The minimum absolute atomic E-state index is 0.0150. The summed E-state index contributed by atoms with van der Waals surface area (Å²) in [6, 6.07) is 21.5.